The van der Waals surface area contributed by atoms with Crippen LogP contribution < -0.4 is 15.4 Å². The number of halogens is 1. The zero-order chi connectivity index (χ0) is 27.7. The molecular weight excluding hydrogens is 529 g/mol. The summed E-state index contributed by atoms with van der Waals surface area (Å²) in [6.45, 7) is 3.78. The van der Waals surface area contributed by atoms with Gasteiger partial charge in [0.1, 0.15) is 11.6 Å². The van der Waals surface area contributed by atoms with Crippen LogP contribution in [0.5, 0.6) is 11.6 Å². The number of aromatic nitrogens is 3. The molecule has 0 radical (unpaired) electrons. The van der Waals surface area contributed by atoms with Crippen LogP contribution in [0.1, 0.15) is 36.8 Å². The van der Waals surface area contributed by atoms with E-state index in [1.165, 1.54) is 6.07 Å². The second-order valence-corrected chi connectivity index (χ2v) is 12.9. The second-order valence-electron chi connectivity index (χ2n) is 10.7. The van der Waals surface area contributed by atoms with Crippen LogP contribution in [0, 0.1) is 18.7 Å². The van der Waals surface area contributed by atoms with E-state index in [9.17, 15) is 8.42 Å². The van der Waals surface area contributed by atoms with Crippen molar-refractivity contribution in [3.63, 3.8) is 0 Å². The Hall–Kier alpha value is -3.63. The lowest BCUT2D eigenvalue weighted by Gasteiger charge is -2.23. The largest absolute Gasteiger partial charge is 0.437 e. The molecule has 0 bridgehead atoms. The summed E-state index contributed by atoms with van der Waals surface area (Å²) in [6.07, 6.45) is 7.33. The van der Waals surface area contributed by atoms with Crippen molar-refractivity contribution in [1.29, 1.82) is 0 Å². The first-order chi connectivity index (χ1) is 19.4. The van der Waals surface area contributed by atoms with Crippen molar-refractivity contribution in [3.8, 4) is 22.9 Å². The predicted molar refractivity (Wildman–Crippen MR) is 154 cm³/mol. The molecule has 8 nitrogen and oxygen atoms in total. The molecular formula is C30H32FN5O3S. The molecule has 2 aliphatic rings. The second kappa shape index (κ2) is 11.1. The number of hydrogen-bond acceptors (Lipinski definition) is 8. The summed E-state index contributed by atoms with van der Waals surface area (Å²) in [5.74, 6) is 0.806. The van der Waals surface area contributed by atoms with Gasteiger partial charge in [0.25, 0.3) is 0 Å². The number of nitrogens with zero attached hydrogens (tertiary/aromatic N) is 3. The minimum absolute atomic E-state index is 0.0996. The van der Waals surface area contributed by atoms with Crippen molar-refractivity contribution in [2.24, 2.45) is 5.92 Å². The van der Waals surface area contributed by atoms with Crippen molar-refractivity contribution in [2.75, 3.05) is 24.2 Å². The smallest absolute Gasteiger partial charge is 0.228 e. The van der Waals surface area contributed by atoms with Gasteiger partial charge in [0.2, 0.25) is 11.8 Å². The van der Waals surface area contributed by atoms with Gasteiger partial charge in [-0.1, -0.05) is 12.1 Å². The van der Waals surface area contributed by atoms with E-state index in [2.05, 4.69) is 20.6 Å². The molecule has 2 N–H and O–H groups in total. The highest BCUT2D eigenvalue weighted by Crippen LogP contribution is 2.39. The molecule has 0 spiro atoms. The van der Waals surface area contributed by atoms with Gasteiger partial charge in [-0.05, 0) is 86.4 Å². The monoisotopic (exact) mass is 561 g/mol. The highest BCUT2D eigenvalue weighted by atomic mass is 32.2. The van der Waals surface area contributed by atoms with E-state index < -0.39 is 15.7 Å². The third-order valence-electron chi connectivity index (χ3n) is 7.49. The van der Waals surface area contributed by atoms with Gasteiger partial charge in [0.05, 0.1) is 22.8 Å². The quantitative estimate of drug-likeness (QED) is 0.279. The number of fused-ring (bicyclic) bond motifs is 1. The normalized spacial score (nSPS) is 17.6. The van der Waals surface area contributed by atoms with Gasteiger partial charge in [0, 0.05) is 35.9 Å². The van der Waals surface area contributed by atoms with Crippen molar-refractivity contribution in [1.82, 2.24) is 20.3 Å². The Bertz CT molecular complexity index is 1650. The zero-order valence-corrected chi connectivity index (χ0v) is 23.2. The Labute approximate surface area is 233 Å². The first-order valence-electron chi connectivity index (χ1n) is 13.7. The van der Waals surface area contributed by atoms with E-state index in [0.29, 0.717) is 39.6 Å². The van der Waals surface area contributed by atoms with E-state index in [4.69, 9.17) is 9.72 Å². The molecule has 1 aliphatic heterocycles. The average molecular weight is 562 g/mol. The van der Waals surface area contributed by atoms with Gasteiger partial charge in [-0.2, -0.15) is 0 Å². The highest BCUT2D eigenvalue weighted by Gasteiger charge is 2.29. The summed E-state index contributed by atoms with van der Waals surface area (Å²) < 4.78 is 47.1. The number of anilines is 1. The van der Waals surface area contributed by atoms with Crippen molar-refractivity contribution in [3.05, 3.63) is 71.8 Å². The standard InChI is InChI=1S/C30H32FN5O3S/c1-19-6-9-22-23(10-11-26(31)25(22)18-40(37,38)17-20-7-8-20)28(19)39-29-24(5-3-14-33-29)27-12-15-34-30(36-27)35-21-4-2-13-32-16-21/h3,5-6,9-12,14-15,20-21,32H,2,4,7-8,13,16-18H2,1H3,(H,34,35,36)/t21-/m0/s1. The molecule has 1 atom stereocenters. The minimum atomic E-state index is -3.44. The summed E-state index contributed by atoms with van der Waals surface area (Å²) in [4.78, 5) is 13.6. The lowest BCUT2D eigenvalue weighted by atomic mass is 10.0. The van der Waals surface area contributed by atoms with Gasteiger partial charge in [0.15, 0.2) is 9.84 Å². The van der Waals surface area contributed by atoms with Gasteiger partial charge >= 0.3 is 0 Å². The maximum Gasteiger partial charge on any atom is 0.228 e. The van der Waals surface area contributed by atoms with Crippen molar-refractivity contribution < 1.29 is 17.5 Å². The third kappa shape index (κ3) is 5.93. The molecule has 1 saturated heterocycles. The van der Waals surface area contributed by atoms with Crippen LogP contribution in [-0.4, -0.2) is 48.3 Å². The summed E-state index contributed by atoms with van der Waals surface area (Å²) in [6, 6.07) is 12.3. The zero-order valence-electron chi connectivity index (χ0n) is 22.4. The molecule has 0 unspecified atom stereocenters. The van der Waals surface area contributed by atoms with Crippen LogP contribution in [0.25, 0.3) is 22.0 Å². The maximum atomic E-state index is 15.0. The lowest BCUT2D eigenvalue weighted by Crippen LogP contribution is -2.38. The lowest BCUT2D eigenvalue weighted by molar-refractivity contribution is 0.466. The summed E-state index contributed by atoms with van der Waals surface area (Å²) in [5.41, 5.74) is 2.32. The van der Waals surface area contributed by atoms with Crippen LogP contribution in [-0.2, 0) is 15.6 Å². The summed E-state index contributed by atoms with van der Waals surface area (Å²) in [5, 5.41) is 7.94. The number of piperidine rings is 1. The Morgan fingerprint density at radius 1 is 1.05 bits per heavy atom. The van der Waals surface area contributed by atoms with Gasteiger partial charge in [-0.25, -0.2) is 27.8 Å². The Morgan fingerprint density at radius 3 is 2.70 bits per heavy atom. The molecule has 6 rings (SSSR count). The van der Waals surface area contributed by atoms with Crippen LogP contribution in [0.15, 0.2) is 54.9 Å². The van der Waals surface area contributed by atoms with Crippen LogP contribution in [0.4, 0.5) is 10.3 Å². The summed E-state index contributed by atoms with van der Waals surface area (Å²) >= 11 is 0. The van der Waals surface area contributed by atoms with E-state index in [1.54, 1.807) is 24.5 Å². The predicted octanol–water partition coefficient (Wildman–Crippen LogP) is 5.42. The van der Waals surface area contributed by atoms with Gasteiger partial charge < -0.3 is 15.4 Å². The molecule has 2 aromatic carbocycles. The number of ether oxygens (including phenoxy) is 1. The molecule has 4 aromatic rings. The molecule has 208 valence electrons. The van der Waals surface area contributed by atoms with Crippen LogP contribution in [0.2, 0.25) is 0 Å². The molecule has 2 fully saturated rings. The SMILES string of the molecule is Cc1ccc2c(CS(=O)(=O)CC3CC3)c(F)ccc2c1Oc1ncccc1-c1ccnc(N[C@H]2CCCNC2)n1. The summed E-state index contributed by atoms with van der Waals surface area (Å²) in [7, 11) is -3.44. The molecule has 0 amide bonds. The Morgan fingerprint density at radius 2 is 1.90 bits per heavy atom. The average Bonchev–Trinajstić information content (AvgIpc) is 3.76. The number of hydrogen-bond donors (Lipinski definition) is 2. The highest BCUT2D eigenvalue weighted by molar-refractivity contribution is 7.90. The number of sulfone groups is 1. The number of aryl methyl sites for hydroxylation is 1. The minimum Gasteiger partial charge on any atom is -0.437 e. The van der Waals surface area contributed by atoms with Crippen molar-refractivity contribution in [2.45, 2.75) is 44.4 Å². The molecule has 1 saturated carbocycles. The Kier molecular flexibility index (Phi) is 7.37. The molecule has 10 heteroatoms. The fourth-order valence-corrected chi connectivity index (χ4v) is 7.13. The van der Waals surface area contributed by atoms with E-state index in [0.717, 1.165) is 44.3 Å². The number of nitrogens with one attached hydrogen (secondary N) is 2. The van der Waals surface area contributed by atoms with Crippen molar-refractivity contribution >= 4 is 26.6 Å². The van der Waals surface area contributed by atoms with E-state index in [-0.39, 0.29) is 29.0 Å². The van der Waals surface area contributed by atoms with Crippen LogP contribution in [0.3, 0.4) is 0 Å². The number of rotatable bonds is 9. The van der Waals surface area contributed by atoms with Crippen LogP contribution >= 0.6 is 0 Å². The first-order valence-corrected chi connectivity index (χ1v) is 15.5. The maximum absolute atomic E-state index is 15.0. The molecule has 1 aliphatic carbocycles. The molecule has 40 heavy (non-hydrogen) atoms. The van der Waals surface area contributed by atoms with E-state index in [1.807, 2.05) is 31.2 Å². The van der Waals surface area contributed by atoms with E-state index >= 15 is 4.39 Å². The fraction of sp³-hybridized carbons (Fsp3) is 0.367. The number of pyridine rings is 1. The Balaban J connectivity index is 1.34. The topological polar surface area (TPSA) is 106 Å². The fourth-order valence-electron chi connectivity index (χ4n) is 5.23. The molecule has 2 aromatic heterocycles. The third-order valence-corrected chi connectivity index (χ3v) is 9.19. The molecule has 3 heterocycles. The first kappa shape index (κ1) is 26.6. The number of benzene rings is 2. The van der Waals surface area contributed by atoms with Gasteiger partial charge in [-0.15, -0.1) is 0 Å². The van der Waals surface area contributed by atoms with Gasteiger partial charge in [-0.3, -0.25) is 0 Å².